The van der Waals surface area contributed by atoms with Gasteiger partial charge in [-0.25, -0.2) is 0 Å². The monoisotopic (exact) mass is 217 g/mol. The standard InChI is InChI=1S/C12H15N3O/c1-15(2)12(16)6-4-9-3-5-11(14)10(7-9)8-13/h3,5,7H,4,6,14H2,1-2H3. The number of nitrogen functional groups attached to an aromatic ring is 1. The van der Waals surface area contributed by atoms with Gasteiger partial charge in [0.1, 0.15) is 6.07 Å². The number of anilines is 1. The topological polar surface area (TPSA) is 70.1 Å². The van der Waals surface area contributed by atoms with Crippen LogP contribution in [0.15, 0.2) is 18.2 Å². The summed E-state index contributed by atoms with van der Waals surface area (Å²) >= 11 is 0. The van der Waals surface area contributed by atoms with Crippen LogP contribution >= 0.6 is 0 Å². The number of nitriles is 1. The van der Waals surface area contributed by atoms with E-state index in [1.165, 1.54) is 0 Å². The second-order valence-electron chi connectivity index (χ2n) is 3.82. The van der Waals surface area contributed by atoms with Crippen molar-refractivity contribution in [1.82, 2.24) is 4.90 Å². The highest BCUT2D eigenvalue weighted by Gasteiger charge is 2.05. The Bertz CT molecular complexity index is 432. The molecule has 1 aromatic rings. The Morgan fingerprint density at radius 2 is 2.19 bits per heavy atom. The van der Waals surface area contributed by atoms with E-state index < -0.39 is 0 Å². The Labute approximate surface area is 95.3 Å². The highest BCUT2D eigenvalue weighted by molar-refractivity contribution is 5.75. The third kappa shape index (κ3) is 2.99. The Balaban J connectivity index is 2.69. The first-order chi connectivity index (χ1) is 7.54. The number of carbonyl (C=O) groups is 1. The van der Waals surface area contributed by atoms with Crippen molar-refractivity contribution in [1.29, 1.82) is 5.26 Å². The molecule has 0 aromatic heterocycles. The minimum absolute atomic E-state index is 0.0790. The van der Waals surface area contributed by atoms with Crippen LogP contribution in [-0.4, -0.2) is 24.9 Å². The minimum Gasteiger partial charge on any atom is -0.398 e. The minimum atomic E-state index is 0.0790. The number of carbonyl (C=O) groups excluding carboxylic acids is 1. The zero-order valence-corrected chi connectivity index (χ0v) is 9.53. The van der Waals surface area contributed by atoms with Crippen molar-refractivity contribution < 1.29 is 4.79 Å². The summed E-state index contributed by atoms with van der Waals surface area (Å²) in [5.74, 6) is 0.0790. The molecule has 1 amide bonds. The van der Waals surface area contributed by atoms with Gasteiger partial charge in [0.2, 0.25) is 5.91 Å². The lowest BCUT2D eigenvalue weighted by atomic mass is 10.1. The average Bonchev–Trinajstić information content (AvgIpc) is 2.27. The fourth-order valence-electron chi connectivity index (χ4n) is 1.33. The van der Waals surface area contributed by atoms with Crippen molar-refractivity contribution in [3.8, 4) is 6.07 Å². The molecule has 0 bridgehead atoms. The van der Waals surface area contributed by atoms with E-state index in [0.717, 1.165) is 5.56 Å². The molecule has 0 saturated heterocycles. The largest absolute Gasteiger partial charge is 0.398 e. The van der Waals surface area contributed by atoms with Crippen molar-refractivity contribution in [2.45, 2.75) is 12.8 Å². The molecule has 84 valence electrons. The molecular formula is C12H15N3O. The molecular weight excluding hydrogens is 202 g/mol. The second kappa shape index (κ2) is 5.17. The zero-order valence-electron chi connectivity index (χ0n) is 9.53. The molecule has 1 aromatic carbocycles. The van der Waals surface area contributed by atoms with Gasteiger partial charge in [-0.15, -0.1) is 0 Å². The summed E-state index contributed by atoms with van der Waals surface area (Å²) in [7, 11) is 3.46. The number of rotatable bonds is 3. The molecule has 0 aliphatic heterocycles. The van der Waals surface area contributed by atoms with Crippen LogP contribution in [0.3, 0.4) is 0 Å². The number of hydrogen-bond donors (Lipinski definition) is 1. The summed E-state index contributed by atoms with van der Waals surface area (Å²) in [5, 5.41) is 8.80. The molecule has 16 heavy (non-hydrogen) atoms. The molecule has 0 atom stereocenters. The van der Waals surface area contributed by atoms with Gasteiger partial charge >= 0.3 is 0 Å². The van der Waals surface area contributed by atoms with E-state index in [2.05, 4.69) is 0 Å². The lowest BCUT2D eigenvalue weighted by Gasteiger charge is -2.10. The predicted molar refractivity (Wildman–Crippen MR) is 62.6 cm³/mol. The molecule has 1 rings (SSSR count). The molecule has 0 spiro atoms. The molecule has 0 aliphatic rings. The van der Waals surface area contributed by atoms with Gasteiger partial charge in [0, 0.05) is 26.2 Å². The molecule has 4 nitrogen and oxygen atoms in total. The van der Waals surface area contributed by atoms with Crippen LogP contribution in [0.5, 0.6) is 0 Å². The number of benzene rings is 1. The van der Waals surface area contributed by atoms with Gasteiger partial charge in [-0.05, 0) is 24.1 Å². The van der Waals surface area contributed by atoms with Crippen LogP contribution < -0.4 is 5.73 Å². The number of nitrogens with two attached hydrogens (primary N) is 1. The third-order valence-electron chi connectivity index (χ3n) is 2.36. The summed E-state index contributed by atoms with van der Waals surface area (Å²) in [6.07, 6.45) is 1.08. The molecule has 4 heteroatoms. The van der Waals surface area contributed by atoms with Crippen molar-refractivity contribution in [2.75, 3.05) is 19.8 Å². The maximum atomic E-state index is 11.4. The number of nitrogens with zero attached hydrogens (tertiary/aromatic N) is 2. The van der Waals surface area contributed by atoms with E-state index in [9.17, 15) is 4.79 Å². The van der Waals surface area contributed by atoms with Gasteiger partial charge in [0.15, 0.2) is 0 Å². The molecule has 2 N–H and O–H groups in total. The highest BCUT2D eigenvalue weighted by Crippen LogP contribution is 2.14. The van der Waals surface area contributed by atoms with Crippen LogP contribution in [0.2, 0.25) is 0 Å². The molecule has 0 unspecified atom stereocenters. The summed E-state index contributed by atoms with van der Waals surface area (Å²) in [4.78, 5) is 12.9. The van der Waals surface area contributed by atoms with Crippen LogP contribution in [0.25, 0.3) is 0 Å². The van der Waals surface area contributed by atoms with Gasteiger partial charge in [-0.3, -0.25) is 4.79 Å². The summed E-state index contributed by atoms with van der Waals surface area (Å²) in [5.41, 5.74) is 7.51. The van der Waals surface area contributed by atoms with Gasteiger partial charge in [0.25, 0.3) is 0 Å². The Hall–Kier alpha value is -2.02. The van der Waals surface area contributed by atoms with E-state index in [0.29, 0.717) is 24.1 Å². The molecule has 0 heterocycles. The summed E-state index contributed by atoms with van der Waals surface area (Å²) in [6.45, 7) is 0. The number of aryl methyl sites for hydroxylation is 1. The van der Waals surface area contributed by atoms with Gasteiger partial charge in [-0.1, -0.05) is 6.07 Å². The SMILES string of the molecule is CN(C)C(=O)CCc1ccc(N)c(C#N)c1. The predicted octanol–water partition coefficient (Wildman–Crippen LogP) is 1.16. The maximum absolute atomic E-state index is 11.4. The van der Waals surface area contributed by atoms with Crippen LogP contribution in [0.1, 0.15) is 17.5 Å². The van der Waals surface area contributed by atoms with E-state index in [-0.39, 0.29) is 5.91 Å². The molecule has 0 aliphatic carbocycles. The summed E-state index contributed by atoms with van der Waals surface area (Å²) < 4.78 is 0. The maximum Gasteiger partial charge on any atom is 0.222 e. The molecule has 0 saturated carbocycles. The number of hydrogen-bond acceptors (Lipinski definition) is 3. The lowest BCUT2D eigenvalue weighted by molar-refractivity contribution is -0.128. The van der Waals surface area contributed by atoms with Crippen molar-refractivity contribution >= 4 is 11.6 Å². The first kappa shape index (κ1) is 12.1. The quantitative estimate of drug-likeness (QED) is 0.772. The van der Waals surface area contributed by atoms with E-state index in [1.807, 2.05) is 12.1 Å². The van der Waals surface area contributed by atoms with Crippen molar-refractivity contribution in [3.05, 3.63) is 29.3 Å². The zero-order chi connectivity index (χ0) is 12.1. The molecule has 0 radical (unpaired) electrons. The van der Waals surface area contributed by atoms with E-state index in [1.54, 1.807) is 31.1 Å². The van der Waals surface area contributed by atoms with Crippen LogP contribution in [-0.2, 0) is 11.2 Å². The average molecular weight is 217 g/mol. The third-order valence-corrected chi connectivity index (χ3v) is 2.36. The Morgan fingerprint density at radius 1 is 1.50 bits per heavy atom. The Kier molecular flexibility index (Phi) is 3.90. The van der Waals surface area contributed by atoms with Crippen molar-refractivity contribution in [3.63, 3.8) is 0 Å². The van der Waals surface area contributed by atoms with Gasteiger partial charge in [0.05, 0.1) is 5.56 Å². The first-order valence-corrected chi connectivity index (χ1v) is 5.03. The number of amides is 1. The van der Waals surface area contributed by atoms with E-state index >= 15 is 0 Å². The second-order valence-corrected chi connectivity index (χ2v) is 3.82. The van der Waals surface area contributed by atoms with Crippen LogP contribution in [0.4, 0.5) is 5.69 Å². The summed E-state index contributed by atoms with van der Waals surface area (Å²) in [6, 6.07) is 7.31. The fraction of sp³-hybridized carbons (Fsp3) is 0.333. The van der Waals surface area contributed by atoms with Gasteiger partial charge < -0.3 is 10.6 Å². The van der Waals surface area contributed by atoms with Gasteiger partial charge in [-0.2, -0.15) is 5.26 Å². The smallest absolute Gasteiger partial charge is 0.222 e. The van der Waals surface area contributed by atoms with Crippen LogP contribution in [0, 0.1) is 11.3 Å². The Morgan fingerprint density at radius 3 is 2.75 bits per heavy atom. The lowest BCUT2D eigenvalue weighted by Crippen LogP contribution is -2.21. The fourth-order valence-corrected chi connectivity index (χ4v) is 1.33. The highest BCUT2D eigenvalue weighted by atomic mass is 16.2. The van der Waals surface area contributed by atoms with Crippen molar-refractivity contribution in [2.24, 2.45) is 0 Å². The van der Waals surface area contributed by atoms with E-state index in [4.69, 9.17) is 11.0 Å². The normalized spacial score (nSPS) is 9.56. The first-order valence-electron chi connectivity index (χ1n) is 5.03. The molecule has 0 fully saturated rings.